The highest BCUT2D eigenvalue weighted by atomic mass is 17.2. The average Bonchev–Trinajstić information content (AvgIpc) is 2.15. The molecule has 3 nitrogen and oxygen atoms in total. The number of hydrogen-bond donors (Lipinski definition) is 0. The third-order valence-corrected chi connectivity index (χ3v) is 2.87. The summed E-state index contributed by atoms with van der Waals surface area (Å²) < 4.78 is 0. The van der Waals surface area contributed by atoms with Gasteiger partial charge in [-0.25, -0.2) is 9.78 Å². The molecule has 0 aromatic carbocycles. The number of aldehydes is 1. The lowest BCUT2D eigenvalue weighted by molar-refractivity contribution is -0.374. The van der Waals surface area contributed by atoms with Gasteiger partial charge in [-0.2, -0.15) is 0 Å². The Hall–Kier alpha value is -0.410. The van der Waals surface area contributed by atoms with E-state index < -0.39 is 6.10 Å². The molecule has 0 aromatic rings. The molecule has 2 unspecified atom stereocenters. The van der Waals surface area contributed by atoms with Crippen molar-refractivity contribution in [1.82, 2.24) is 0 Å². The Bertz CT molecular complexity index is 228. The van der Waals surface area contributed by atoms with Crippen molar-refractivity contribution in [2.45, 2.75) is 73.0 Å². The van der Waals surface area contributed by atoms with E-state index in [-0.39, 0.29) is 16.9 Å². The summed E-state index contributed by atoms with van der Waals surface area (Å²) in [7, 11) is 0. The molecule has 0 heterocycles. The molecule has 3 heteroatoms. The van der Waals surface area contributed by atoms with E-state index in [0.717, 1.165) is 19.1 Å². The first-order chi connectivity index (χ1) is 7.61. The smallest absolute Gasteiger partial charge is 0.152 e. The van der Waals surface area contributed by atoms with Gasteiger partial charge in [0.15, 0.2) is 12.4 Å². The first kappa shape index (κ1) is 16.6. The molecule has 0 bridgehead atoms. The quantitative estimate of drug-likeness (QED) is 0.388. The molecule has 0 aromatic heterocycles. The van der Waals surface area contributed by atoms with E-state index in [4.69, 9.17) is 9.78 Å². The summed E-state index contributed by atoms with van der Waals surface area (Å²) >= 11 is 0. The fourth-order valence-corrected chi connectivity index (χ4v) is 1.58. The number of rotatable bonds is 7. The van der Waals surface area contributed by atoms with Crippen LogP contribution in [0.15, 0.2) is 0 Å². The maximum absolute atomic E-state index is 11.0. The van der Waals surface area contributed by atoms with Crippen LogP contribution in [-0.2, 0) is 14.6 Å². The zero-order valence-electron chi connectivity index (χ0n) is 12.4. The van der Waals surface area contributed by atoms with Gasteiger partial charge in [-0.1, -0.05) is 34.6 Å². The molecule has 0 spiro atoms. The first-order valence-corrected chi connectivity index (χ1v) is 6.41. The number of hydrogen-bond acceptors (Lipinski definition) is 3. The minimum atomic E-state index is -0.486. The lowest BCUT2D eigenvalue weighted by Gasteiger charge is -2.29. The third kappa shape index (κ3) is 7.50. The van der Waals surface area contributed by atoms with Gasteiger partial charge in [-0.3, -0.25) is 0 Å². The lowest BCUT2D eigenvalue weighted by Crippen LogP contribution is -2.32. The molecule has 0 fully saturated rings. The maximum Gasteiger partial charge on any atom is 0.152 e. The van der Waals surface area contributed by atoms with Gasteiger partial charge in [0, 0.05) is 0 Å². The molecule has 0 saturated heterocycles. The van der Waals surface area contributed by atoms with E-state index >= 15 is 0 Å². The second kappa shape index (κ2) is 6.50. The maximum atomic E-state index is 11.0. The van der Waals surface area contributed by atoms with Gasteiger partial charge in [-0.05, 0) is 38.0 Å². The van der Waals surface area contributed by atoms with Crippen molar-refractivity contribution in [3.05, 3.63) is 0 Å². The van der Waals surface area contributed by atoms with E-state index in [1.807, 2.05) is 27.7 Å². The molecule has 0 N–H and O–H groups in total. The van der Waals surface area contributed by atoms with Crippen molar-refractivity contribution in [3.63, 3.8) is 0 Å². The van der Waals surface area contributed by atoms with Crippen molar-refractivity contribution < 1.29 is 14.6 Å². The summed E-state index contributed by atoms with van der Waals surface area (Å²) in [5.74, 6) is 0.153. The van der Waals surface area contributed by atoms with E-state index in [1.165, 1.54) is 0 Å². The van der Waals surface area contributed by atoms with Gasteiger partial charge >= 0.3 is 0 Å². The van der Waals surface area contributed by atoms with Gasteiger partial charge in [0.05, 0.1) is 5.60 Å². The summed E-state index contributed by atoms with van der Waals surface area (Å²) in [5.41, 5.74) is -0.160. The first-order valence-electron chi connectivity index (χ1n) is 6.41. The Kier molecular flexibility index (Phi) is 6.35. The van der Waals surface area contributed by atoms with Crippen molar-refractivity contribution >= 4 is 6.29 Å². The summed E-state index contributed by atoms with van der Waals surface area (Å²) in [5, 5.41) is 0. The fourth-order valence-electron chi connectivity index (χ4n) is 1.58. The number of carbonyl (C=O) groups is 1. The van der Waals surface area contributed by atoms with Gasteiger partial charge in [0.25, 0.3) is 0 Å². The van der Waals surface area contributed by atoms with Crippen molar-refractivity contribution in [1.29, 1.82) is 0 Å². The van der Waals surface area contributed by atoms with Gasteiger partial charge < -0.3 is 4.79 Å². The molecule has 0 rings (SSSR count). The van der Waals surface area contributed by atoms with E-state index in [0.29, 0.717) is 0 Å². The molecule has 0 saturated carbocycles. The highest BCUT2D eigenvalue weighted by Crippen LogP contribution is 2.27. The normalized spacial score (nSPS) is 16.6. The Labute approximate surface area is 106 Å². The molecule has 0 aliphatic rings. The zero-order chi connectivity index (χ0) is 13.7. The minimum Gasteiger partial charge on any atom is -0.300 e. The highest BCUT2D eigenvalue weighted by molar-refractivity contribution is 5.56. The molecule has 102 valence electrons. The van der Waals surface area contributed by atoms with Crippen LogP contribution in [0.5, 0.6) is 0 Å². The third-order valence-electron chi connectivity index (χ3n) is 2.87. The molecular weight excluding hydrogens is 216 g/mol. The van der Waals surface area contributed by atoms with Crippen molar-refractivity contribution in [2.24, 2.45) is 11.3 Å². The second-order valence-corrected chi connectivity index (χ2v) is 6.64. The van der Waals surface area contributed by atoms with E-state index in [9.17, 15) is 4.79 Å². The van der Waals surface area contributed by atoms with Gasteiger partial charge in [0.2, 0.25) is 0 Å². The van der Waals surface area contributed by atoms with Crippen LogP contribution >= 0.6 is 0 Å². The summed E-state index contributed by atoms with van der Waals surface area (Å²) in [4.78, 5) is 21.7. The largest absolute Gasteiger partial charge is 0.300 e. The SMILES string of the molecule is CCC(C)(C)OOC(C=O)C(C)CC(C)(C)C. The standard InChI is InChI=1S/C14H28O3/c1-8-14(6,7)17-16-12(10-15)11(2)9-13(3,4)5/h10-12H,8-9H2,1-7H3. The summed E-state index contributed by atoms with van der Waals surface area (Å²) in [6.45, 7) is 14.4. The lowest BCUT2D eigenvalue weighted by atomic mass is 9.83. The van der Waals surface area contributed by atoms with Crippen molar-refractivity contribution in [2.75, 3.05) is 0 Å². The monoisotopic (exact) mass is 244 g/mol. The van der Waals surface area contributed by atoms with Crippen LogP contribution < -0.4 is 0 Å². The Morgan fingerprint density at radius 2 is 1.71 bits per heavy atom. The Morgan fingerprint density at radius 1 is 1.18 bits per heavy atom. The van der Waals surface area contributed by atoms with Crippen LogP contribution in [-0.4, -0.2) is 18.0 Å². The predicted molar refractivity (Wildman–Crippen MR) is 69.6 cm³/mol. The summed E-state index contributed by atoms with van der Waals surface area (Å²) in [6.07, 6.45) is 2.11. The van der Waals surface area contributed by atoms with E-state index in [2.05, 4.69) is 20.8 Å². The number of carbonyl (C=O) groups excluding carboxylic acids is 1. The minimum absolute atomic E-state index is 0.153. The van der Waals surface area contributed by atoms with Crippen LogP contribution in [0.25, 0.3) is 0 Å². The van der Waals surface area contributed by atoms with E-state index in [1.54, 1.807) is 0 Å². The highest BCUT2D eigenvalue weighted by Gasteiger charge is 2.26. The van der Waals surface area contributed by atoms with Gasteiger partial charge in [-0.15, -0.1) is 0 Å². The predicted octanol–water partition coefficient (Wildman–Crippen LogP) is 3.76. The van der Waals surface area contributed by atoms with Crippen LogP contribution in [0, 0.1) is 11.3 Å². The Morgan fingerprint density at radius 3 is 2.06 bits per heavy atom. The van der Waals surface area contributed by atoms with Crippen LogP contribution in [0.4, 0.5) is 0 Å². The Balaban J connectivity index is 4.29. The molecular formula is C14H28O3. The van der Waals surface area contributed by atoms with Gasteiger partial charge in [0.1, 0.15) is 0 Å². The molecule has 0 aliphatic carbocycles. The van der Waals surface area contributed by atoms with Crippen molar-refractivity contribution in [3.8, 4) is 0 Å². The van der Waals surface area contributed by atoms with Crippen LogP contribution in [0.2, 0.25) is 0 Å². The molecule has 0 amide bonds. The molecule has 2 atom stereocenters. The average molecular weight is 244 g/mol. The fraction of sp³-hybridized carbons (Fsp3) is 0.929. The van der Waals surface area contributed by atoms with Crippen LogP contribution in [0.1, 0.15) is 61.3 Å². The zero-order valence-corrected chi connectivity index (χ0v) is 12.4. The summed E-state index contributed by atoms with van der Waals surface area (Å²) in [6, 6.07) is 0. The molecule has 17 heavy (non-hydrogen) atoms. The molecule has 0 radical (unpaired) electrons. The molecule has 0 aliphatic heterocycles. The van der Waals surface area contributed by atoms with Crippen LogP contribution in [0.3, 0.4) is 0 Å². The topological polar surface area (TPSA) is 35.5 Å². The second-order valence-electron chi connectivity index (χ2n) is 6.64.